The maximum Gasteiger partial charge on any atom is 0.330 e. The molecule has 1 N–H and O–H groups in total. The Hall–Kier alpha value is 0.0700. The van der Waals surface area contributed by atoms with Crippen LogP contribution in [0.15, 0.2) is 0 Å². The Labute approximate surface area is 83.9 Å². The van der Waals surface area contributed by atoms with Crippen LogP contribution in [-0.2, 0) is 18.3 Å². The van der Waals surface area contributed by atoms with E-state index in [1.165, 1.54) is 14.2 Å². The first-order valence-electron chi connectivity index (χ1n) is 4.60. The summed E-state index contributed by atoms with van der Waals surface area (Å²) >= 11 is 0. The van der Waals surface area contributed by atoms with Crippen LogP contribution in [-0.4, -0.2) is 44.3 Å². The third-order valence-electron chi connectivity index (χ3n) is 2.34. The van der Waals surface area contributed by atoms with Gasteiger partial charge in [-0.1, -0.05) is 0 Å². The zero-order chi connectivity index (χ0) is 10.6. The third-order valence-corrected chi connectivity index (χ3v) is 4.26. The molecule has 84 valence electrons. The number of aliphatic hydroxyl groups excluding tert-OH is 1. The molecule has 1 fully saturated rings. The van der Waals surface area contributed by atoms with Crippen molar-refractivity contribution in [1.82, 2.24) is 0 Å². The highest BCUT2D eigenvalue weighted by Gasteiger charge is 2.28. The molecule has 0 spiro atoms. The van der Waals surface area contributed by atoms with Crippen molar-refractivity contribution in [3.8, 4) is 0 Å². The maximum absolute atomic E-state index is 11.6. The van der Waals surface area contributed by atoms with Gasteiger partial charge in [-0.15, -0.1) is 0 Å². The molecule has 6 heteroatoms. The Kier molecular flexibility index (Phi) is 4.54. The summed E-state index contributed by atoms with van der Waals surface area (Å²) in [6, 6.07) is 0. The molecule has 0 aliphatic carbocycles. The van der Waals surface area contributed by atoms with Crippen molar-refractivity contribution in [3.05, 3.63) is 0 Å². The molecule has 1 heterocycles. The number of rotatable bonds is 5. The minimum absolute atomic E-state index is 0.0244. The summed E-state index contributed by atoms with van der Waals surface area (Å²) in [5, 5.41) is 9.19. The molecule has 1 rings (SSSR count). The van der Waals surface area contributed by atoms with E-state index in [2.05, 4.69) is 0 Å². The molecule has 0 saturated carbocycles. The third kappa shape index (κ3) is 3.33. The van der Waals surface area contributed by atoms with Crippen molar-refractivity contribution in [3.63, 3.8) is 0 Å². The first-order chi connectivity index (χ1) is 6.59. The summed E-state index contributed by atoms with van der Waals surface area (Å²) in [7, 11) is -0.176. The van der Waals surface area contributed by atoms with Crippen LogP contribution >= 0.6 is 7.60 Å². The zero-order valence-corrected chi connectivity index (χ0v) is 9.40. The minimum atomic E-state index is -2.91. The van der Waals surface area contributed by atoms with Gasteiger partial charge in [0.15, 0.2) is 0 Å². The van der Waals surface area contributed by atoms with Crippen LogP contribution in [0, 0.1) is 0 Å². The summed E-state index contributed by atoms with van der Waals surface area (Å²) < 4.78 is 26.5. The van der Waals surface area contributed by atoms with Crippen LogP contribution in [0.25, 0.3) is 0 Å². The molecular weight excluding hydrogens is 207 g/mol. The van der Waals surface area contributed by atoms with Gasteiger partial charge < -0.3 is 18.9 Å². The molecule has 1 saturated heterocycles. The molecular formula is C8H17O5P. The summed E-state index contributed by atoms with van der Waals surface area (Å²) in [5.41, 5.74) is 0. The van der Waals surface area contributed by atoms with Crippen molar-refractivity contribution in [2.75, 3.05) is 27.0 Å². The van der Waals surface area contributed by atoms with Gasteiger partial charge in [-0.25, -0.2) is 0 Å². The van der Waals surface area contributed by atoms with E-state index in [-0.39, 0.29) is 12.2 Å². The fourth-order valence-electron chi connectivity index (χ4n) is 1.45. The van der Waals surface area contributed by atoms with E-state index in [9.17, 15) is 9.67 Å². The first kappa shape index (κ1) is 12.1. The fraction of sp³-hybridized carbons (Fsp3) is 1.00. The van der Waals surface area contributed by atoms with Crippen molar-refractivity contribution < 1.29 is 23.5 Å². The molecule has 2 atom stereocenters. The van der Waals surface area contributed by atoms with Gasteiger partial charge >= 0.3 is 7.60 Å². The topological polar surface area (TPSA) is 65.0 Å². The quantitative estimate of drug-likeness (QED) is 0.706. The predicted molar refractivity (Wildman–Crippen MR) is 51.5 cm³/mol. The monoisotopic (exact) mass is 224 g/mol. The van der Waals surface area contributed by atoms with Gasteiger partial charge in [0.2, 0.25) is 0 Å². The minimum Gasteiger partial charge on any atom is -0.391 e. The second-order valence-corrected chi connectivity index (χ2v) is 5.73. The van der Waals surface area contributed by atoms with Crippen LogP contribution in [0.2, 0.25) is 0 Å². The molecule has 0 radical (unpaired) electrons. The van der Waals surface area contributed by atoms with Gasteiger partial charge in [-0.2, -0.15) is 0 Å². The number of hydrogen-bond donors (Lipinski definition) is 1. The normalized spacial score (nSPS) is 28.2. The molecule has 1 aliphatic heterocycles. The highest BCUT2D eigenvalue weighted by atomic mass is 31.2. The molecule has 1 aliphatic rings. The number of ether oxygens (including phenoxy) is 1. The van der Waals surface area contributed by atoms with Gasteiger partial charge in [-0.05, 0) is 6.42 Å². The van der Waals surface area contributed by atoms with Gasteiger partial charge in [0.1, 0.15) is 0 Å². The lowest BCUT2D eigenvalue weighted by Crippen LogP contribution is -2.09. The molecule has 0 aromatic carbocycles. The average molecular weight is 224 g/mol. The number of hydrogen-bond acceptors (Lipinski definition) is 5. The van der Waals surface area contributed by atoms with Crippen LogP contribution in [0.4, 0.5) is 0 Å². The molecule has 0 aromatic rings. The lowest BCUT2D eigenvalue weighted by Gasteiger charge is -2.15. The molecule has 5 nitrogen and oxygen atoms in total. The summed E-state index contributed by atoms with van der Waals surface area (Å²) in [5.74, 6) is 0. The summed E-state index contributed by atoms with van der Waals surface area (Å²) in [6.45, 7) is 0.370. The Morgan fingerprint density at radius 2 is 2.14 bits per heavy atom. The smallest absolute Gasteiger partial charge is 0.330 e. The maximum atomic E-state index is 11.6. The van der Waals surface area contributed by atoms with Crippen molar-refractivity contribution in [2.45, 2.75) is 25.0 Å². The highest BCUT2D eigenvalue weighted by molar-refractivity contribution is 7.53. The number of aliphatic hydroxyl groups is 1. The van der Waals surface area contributed by atoms with Crippen molar-refractivity contribution in [1.29, 1.82) is 0 Å². The van der Waals surface area contributed by atoms with E-state index in [4.69, 9.17) is 13.8 Å². The van der Waals surface area contributed by atoms with Gasteiger partial charge in [0.05, 0.1) is 25.0 Å². The zero-order valence-electron chi connectivity index (χ0n) is 8.51. The standard InChI is InChI=1S/C8H17O5P/c1-11-14(10,12-2)4-3-8-5-7(9)6-13-8/h7-9H,3-6H2,1-2H3/t7-,8-/m1/s1. The van der Waals surface area contributed by atoms with E-state index in [0.717, 1.165) is 0 Å². The Bertz CT molecular complexity index is 212. The van der Waals surface area contributed by atoms with E-state index < -0.39 is 7.60 Å². The summed E-state index contributed by atoms with van der Waals surface area (Å²) in [6.07, 6.45) is 1.12. The van der Waals surface area contributed by atoms with Crippen LogP contribution in [0.3, 0.4) is 0 Å². The second-order valence-electron chi connectivity index (χ2n) is 3.33. The van der Waals surface area contributed by atoms with Gasteiger partial charge in [0, 0.05) is 20.6 Å². The lowest BCUT2D eigenvalue weighted by molar-refractivity contribution is 0.0863. The lowest BCUT2D eigenvalue weighted by atomic mass is 10.2. The Morgan fingerprint density at radius 1 is 1.50 bits per heavy atom. The average Bonchev–Trinajstić information content (AvgIpc) is 2.61. The van der Waals surface area contributed by atoms with Gasteiger partial charge in [0.25, 0.3) is 0 Å². The molecule has 0 unspecified atom stereocenters. The summed E-state index contributed by atoms with van der Waals surface area (Å²) in [4.78, 5) is 0. The predicted octanol–water partition coefficient (Wildman–Crippen LogP) is 1.01. The highest BCUT2D eigenvalue weighted by Crippen LogP contribution is 2.47. The van der Waals surface area contributed by atoms with Crippen LogP contribution in [0.1, 0.15) is 12.8 Å². The van der Waals surface area contributed by atoms with Crippen molar-refractivity contribution >= 4 is 7.60 Å². The van der Waals surface area contributed by atoms with Crippen molar-refractivity contribution in [2.24, 2.45) is 0 Å². The van der Waals surface area contributed by atoms with Gasteiger partial charge in [-0.3, -0.25) is 4.57 Å². The largest absolute Gasteiger partial charge is 0.391 e. The molecule has 14 heavy (non-hydrogen) atoms. The van der Waals surface area contributed by atoms with E-state index >= 15 is 0 Å². The molecule has 0 amide bonds. The molecule has 0 bridgehead atoms. The Balaban J connectivity index is 2.29. The first-order valence-corrected chi connectivity index (χ1v) is 6.32. The second kappa shape index (κ2) is 5.24. The molecule has 0 aromatic heterocycles. The Morgan fingerprint density at radius 3 is 2.57 bits per heavy atom. The van der Waals surface area contributed by atoms with E-state index in [1.54, 1.807) is 0 Å². The van der Waals surface area contributed by atoms with E-state index in [0.29, 0.717) is 25.6 Å². The SMILES string of the molecule is COP(=O)(CC[C@@H]1C[C@@H](O)CO1)OC. The van der Waals surface area contributed by atoms with E-state index in [1.807, 2.05) is 0 Å². The van der Waals surface area contributed by atoms with Crippen LogP contribution < -0.4 is 0 Å². The van der Waals surface area contributed by atoms with Crippen LogP contribution in [0.5, 0.6) is 0 Å². The fourth-order valence-corrected chi connectivity index (χ4v) is 2.57.